The summed E-state index contributed by atoms with van der Waals surface area (Å²) in [6.45, 7) is 1.67. The van der Waals surface area contributed by atoms with E-state index < -0.39 is 0 Å². The van der Waals surface area contributed by atoms with Gasteiger partial charge in [-0.3, -0.25) is 0 Å². The molecule has 0 saturated heterocycles. The highest BCUT2D eigenvalue weighted by Crippen LogP contribution is 1.98. The van der Waals surface area contributed by atoms with Crippen LogP contribution in [0, 0.1) is 0 Å². The summed E-state index contributed by atoms with van der Waals surface area (Å²) >= 11 is 0. The first-order chi connectivity index (χ1) is 5.86. The van der Waals surface area contributed by atoms with E-state index in [0.29, 0.717) is 6.54 Å². The van der Waals surface area contributed by atoms with Gasteiger partial charge < -0.3 is 15.4 Å². The first-order valence-corrected chi connectivity index (χ1v) is 4.18. The molecule has 0 fully saturated rings. The summed E-state index contributed by atoms with van der Waals surface area (Å²) in [6, 6.07) is 0. The normalized spacial score (nSPS) is 10.5. The molecule has 0 bridgehead atoms. The van der Waals surface area contributed by atoms with Gasteiger partial charge in [0.15, 0.2) is 0 Å². The lowest BCUT2D eigenvalue weighted by molar-refractivity contribution is 0.281. The molecule has 1 rings (SSSR count). The number of hydrogen-bond donors (Lipinski definition) is 2. The van der Waals surface area contributed by atoms with Gasteiger partial charge in [-0.05, 0) is 12.8 Å². The first-order valence-electron chi connectivity index (χ1n) is 4.18. The van der Waals surface area contributed by atoms with Crippen LogP contribution in [-0.2, 0) is 13.1 Å². The molecule has 0 aliphatic rings. The summed E-state index contributed by atoms with van der Waals surface area (Å²) in [5.74, 6) is 0. The average Bonchev–Trinajstić information content (AvgIpc) is 2.53. The van der Waals surface area contributed by atoms with Gasteiger partial charge in [-0.25, -0.2) is 4.98 Å². The van der Waals surface area contributed by atoms with E-state index in [1.165, 1.54) is 0 Å². The summed E-state index contributed by atoms with van der Waals surface area (Å²) in [5, 5.41) is 8.55. The number of unbranched alkanes of at least 4 members (excludes halogenated alkanes) is 1. The van der Waals surface area contributed by atoms with Crippen LogP contribution in [0.15, 0.2) is 12.5 Å². The Labute approximate surface area is 72.0 Å². The van der Waals surface area contributed by atoms with Gasteiger partial charge in [0.05, 0.1) is 12.0 Å². The molecule has 1 aromatic rings. The lowest BCUT2D eigenvalue weighted by Gasteiger charge is -1.98. The second-order valence-electron chi connectivity index (χ2n) is 2.74. The van der Waals surface area contributed by atoms with Gasteiger partial charge in [0.25, 0.3) is 0 Å². The summed E-state index contributed by atoms with van der Waals surface area (Å²) in [5.41, 5.74) is 6.32. The lowest BCUT2D eigenvalue weighted by Crippen LogP contribution is -1.97. The number of nitrogens with two attached hydrogens (primary N) is 1. The van der Waals surface area contributed by atoms with E-state index in [0.717, 1.165) is 25.1 Å². The van der Waals surface area contributed by atoms with E-state index in [9.17, 15) is 0 Å². The van der Waals surface area contributed by atoms with E-state index in [-0.39, 0.29) is 6.61 Å². The Bertz CT molecular complexity index is 222. The van der Waals surface area contributed by atoms with Crippen molar-refractivity contribution in [2.45, 2.75) is 25.9 Å². The van der Waals surface area contributed by atoms with Crippen LogP contribution in [0.4, 0.5) is 0 Å². The van der Waals surface area contributed by atoms with Crippen molar-refractivity contribution >= 4 is 0 Å². The summed E-state index contributed by atoms with van der Waals surface area (Å²) < 4.78 is 2.00. The van der Waals surface area contributed by atoms with Gasteiger partial charge in [-0.1, -0.05) is 0 Å². The standard InChI is InChI=1S/C8H15N3O/c9-5-8-6-11(7-10-8)3-1-2-4-12/h6-7,12H,1-5,9H2. The highest BCUT2D eigenvalue weighted by Gasteiger charge is 1.95. The van der Waals surface area contributed by atoms with E-state index in [4.69, 9.17) is 10.8 Å². The van der Waals surface area contributed by atoms with Gasteiger partial charge >= 0.3 is 0 Å². The van der Waals surface area contributed by atoms with E-state index in [1.807, 2.05) is 10.8 Å². The molecule has 4 heteroatoms. The number of aliphatic hydroxyl groups is 1. The number of aliphatic hydroxyl groups excluding tert-OH is 1. The minimum absolute atomic E-state index is 0.262. The zero-order valence-electron chi connectivity index (χ0n) is 7.11. The summed E-state index contributed by atoms with van der Waals surface area (Å²) in [4.78, 5) is 4.09. The Morgan fingerprint density at radius 2 is 2.33 bits per heavy atom. The molecule has 0 aliphatic heterocycles. The van der Waals surface area contributed by atoms with Crippen molar-refractivity contribution in [1.29, 1.82) is 0 Å². The maximum absolute atomic E-state index is 8.55. The molecule has 4 nitrogen and oxygen atoms in total. The molecule has 1 aromatic heterocycles. The molecular formula is C8H15N3O. The maximum Gasteiger partial charge on any atom is 0.0949 e. The molecular weight excluding hydrogens is 154 g/mol. The Hall–Kier alpha value is -0.870. The zero-order valence-corrected chi connectivity index (χ0v) is 7.11. The number of rotatable bonds is 5. The highest BCUT2D eigenvalue weighted by molar-refractivity contribution is 4.95. The fourth-order valence-electron chi connectivity index (χ4n) is 1.04. The minimum Gasteiger partial charge on any atom is -0.396 e. The highest BCUT2D eigenvalue weighted by atomic mass is 16.2. The molecule has 0 radical (unpaired) electrons. The van der Waals surface area contributed by atoms with Crippen molar-refractivity contribution in [3.63, 3.8) is 0 Å². The minimum atomic E-state index is 0.262. The second-order valence-corrected chi connectivity index (χ2v) is 2.74. The molecule has 0 aromatic carbocycles. The summed E-state index contributed by atoms with van der Waals surface area (Å²) in [6.07, 6.45) is 5.55. The SMILES string of the molecule is NCc1cn(CCCCO)cn1. The first kappa shape index (κ1) is 9.22. The van der Waals surface area contributed by atoms with Crippen molar-refractivity contribution in [2.75, 3.05) is 6.61 Å². The van der Waals surface area contributed by atoms with E-state index in [2.05, 4.69) is 4.98 Å². The molecule has 3 N–H and O–H groups in total. The molecule has 0 amide bonds. The second kappa shape index (κ2) is 4.90. The number of imidazole rings is 1. The van der Waals surface area contributed by atoms with Gasteiger partial charge in [0.2, 0.25) is 0 Å². The van der Waals surface area contributed by atoms with Gasteiger partial charge in [0, 0.05) is 25.9 Å². The maximum atomic E-state index is 8.55. The number of aryl methyl sites for hydroxylation is 1. The van der Waals surface area contributed by atoms with Crippen LogP contribution in [0.25, 0.3) is 0 Å². The molecule has 0 aliphatic carbocycles. The van der Waals surface area contributed by atoms with Crippen molar-refractivity contribution in [3.8, 4) is 0 Å². The van der Waals surface area contributed by atoms with Crippen LogP contribution in [0.2, 0.25) is 0 Å². The molecule has 0 atom stereocenters. The predicted octanol–water partition coefficient (Wildman–Crippen LogP) is 0.114. The van der Waals surface area contributed by atoms with Crippen molar-refractivity contribution in [2.24, 2.45) is 5.73 Å². The van der Waals surface area contributed by atoms with Crippen LogP contribution in [0.5, 0.6) is 0 Å². The van der Waals surface area contributed by atoms with Gasteiger partial charge in [-0.15, -0.1) is 0 Å². The third kappa shape index (κ3) is 2.64. The van der Waals surface area contributed by atoms with Crippen molar-refractivity contribution < 1.29 is 5.11 Å². The van der Waals surface area contributed by atoms with Crippen molar-refractivity contribution in [1.82, 2.24) is 9.55 Å². The van der Waals surface area contributed by atoms with E-state index >= 15 is 0 Å². The van der Waals surface area contributed by atoms with Gasteiger partial charge in [-0.2, -0.15) is 0 Å². The molecule has 1 heterocycles. The smallest absolute Gasteiger partial charge is 0.0949 e. The third-order valence-electron chi connectivity index (χ3n) is 1.72. The van der Waals surface area contributed by atoms with Crippen LogP contribution in [0.1, 0.15) is 18.5 Å². The Morgan fingerprint density at radius 3 is 2.92 bits per heavy atom. The Morgan fingerprint density at radius 1 is 1.50 bits per heavy atom. The van der Waals surface area contributed by atoms with Crippen LogP contribution >= 0.6 is 0 Å². The Kier molecular flexibility index (Phi) is 3.76. The average molecular weight is 169 g/mol. The fourth-order valence-corrected chi connectivity index (χ4v) is 1.04. The van der Waals surface area contributed by atoms with E-state index in [1.54, 1.807) is 6.33 Å². The monoisotopic (exact) mass is 169 g/mol. The number of nitrogens with zero attached hydrogens (tertiary/aromatic N) is 2. The summed E-state index contributed by atoms with van der Waals surface area (Å²) in [7, 11) is 0. The third-order valence-corrected chi connectivity index (χ3v) is 1.72. The van der Waals surface area contributed by atoms with Crippen LogP contribution < -0.4 is 5.73 Å². The molecule has 0 saturated carbocycles. The van der Waals surface area contributed by atoms with Gasteiger partial charge in [0.1, 0.15) is 0 Å². The molecule has 0 spiro atoms. The topological polar surface area (TPSA) is 64.1 Å². The van der Waals surface area contributed by atoms with Crippen molar-refractivity contribution in [3.05, 3.63) is 18.2 Å². The number of aromatic nitrogens is 2. The number of hydrogen-bond acceptors (Lipinski definition) is 3. The fraction of sp³-hybridized carbons (Fsp3) is 0.625. The van der Waals surface area contributed by atoms with Crippen LogP contribution in [0.3, 0.4) is 0 Å². The lowest BCUT2D eigenvalue weighted by atomic mass is 10.3. The quantitative estimate of drug-likeness (QED) is 0.615. The molecule has 12 heavy (non-hydrogen) atoms. The molecule has 68 valence electrons. The van der Waals surface area contributed by atoms with Crippen LogP contribution in [-0.4, -0.2) is 21.3 Å². The largest absolute Gasteiger partial charge is 0.396 e. The predicted molar refractivity (Wildman–Crippen MR) is 46.4 cm³/mol. The molecule has 0 unspecified atom stereocenters. The Balaban J connectivity index is 2.31. The zero-order chi connectivity index (χ0) is 8.81.